The van der Waals surface area contributed by atoms with Crippen LogP contribution in [0.25, 0.3) is 0 Å². The average molecular weight is 306 g/mol. The van der Waals surface area contributed by atoms with E-state index in [-0.39, 0.29) is 18.1 Å². The number of ether oxygens (including phenoxy) is 2. The van der Waals surface area contributed by atoms with Gasteiger partial charge in [-0.3, -0.25) is 4.79 Å². The molecule has 7 nitrogen and oxygen atoms in total. The van der Waals surface area contributed by atoms with Crippen LogP contribution >= 0.6 is 0 Å². The van der Waals surface area contributed by atoms with Crippen molar-refractivity contribution in [3.8, 4) is 0 Å². The van der Waals surface area contributed by atoms with Crippen LogP contribution in [0.15, 0.2) is 0 Å². The fourth-order valence-corrected chi connectivity index (χ4v) is 3.24. The Morgan fingerprint density at radius 2 is 1.75 bits per heavy atom. The molecule has 2 aliphatic rings. The predicted octanol–water partition coefficient (Wildman–Crippen LogP) is -0.367. The van der Waals surface area contributed by atoms with Gasteiger partial charge in [0, 0.05) is 46.4 Å². The van der Waals surface area contributed by atoms with Gasteiger partial charge in [0.15, 0.2) is 5.79 Å². The lowest BCUT2D eigenvalue weighted by Gasteiger charge is -2.37. The zero-order valence-electron chi connectivity index (χ0n) is 12.0. The number of hydrogen-bond donors (Lipinski definition) is 0. The maximum Gasteiger partial charge on any atom is 0.223 e. The summed E-state index contributed by atoms with van der Waals surface area (Å²) in [5.74, 6) is -0.775. The fraction of sp³-hybridized carbons (Fsp3) is 0.917. The van der Waals surface area contributed by atoms with Gasteiger partial charge in [-0.15, -0.1) is 0 Å². The van der Waals surface area contributed by atoms with E-state index < -0.39 is 15.8 Å². The van der Waals surface area contributed by atoms with E-state index in [4.69, 9.17) is 9.47 Å². The molecule has 2 saturated heterocycles. The van der Waals surface area contributed by atoms with Gasteiger partial charge < -0.3 is 14.4 Å². The van der Waals surface area contributed by atoms with Gasteiger partial charge in [0.2, 0.25) is 15.9 Å². The van der Waals surface area contributed by atoms with E-state index >= 15 is 0 Å². The molecule has 0 unspecified atom stereocenters. The quantitative estimate of drug-likeness (QED) is 0.708. The summed E-state index contributed by atoms with van der Waals surface area (Å²) in [4.78, 5) is 13.7. The zero-order valence-corrected chi connectivity index (χ0v) is 12.8. The van der Waals surface area contributed by atoms with Crippen LogP contribution in [0.5, 0.6) is 0 Å². The lowest BCUT2D eigenvalue weighted by atomic mass is 10.0. The lowest BCUT2D eigenvalue weighted by molar-refractivity contribution is -0.187. The second kappa shape index (κ2) is 5.97. The van der Waals surface area contributed by atoms with E-state index in [9.17, 15) is 13.2 Å². The van der Waals surface area contributed by atoms with E-state index in [1.165, 1.54) is 14.1 Å². The molecule has 0 atom stereocenters. The van der Waals surface area contributed by atoms with E-state index in [1.807, 2.05) is 0 Å². The van der Waals surface area contributed by atoms with Crippen molar-refractivity contribution >= 4 is 15.9 Å². The van der Waals surface area contributed by atoms with Crippen molar-refractivity contribution in [2.45, 2.75) is 25.0 Å². The number of sulfonamides is 1. The number of carbonyl (C=O) groups is 1. The molecule has 0 aromatic rings. The molecule has 0 aliphatic carbocycles. The van der Waals surface area contributed by atoms with Crippen LogP contribution in [0.4, 0.5) is 0 Å². The minimum absolute atomic E-state index is 0.0230. The van der Waals surface area contributed by atoms with Crippen molar-refractivity contribution < 1.29 is 22.7 Å². The maximum atomic E-state index is 12.0. The number of nitrogens with zero attached hydrogens (tertiary/aromatic N) is 2. The molecule has 8 heteroatoms. The molecule has 2 fully saturated rings. The van der Waals surface area contributed by atoms with Gasteiger partial charge in [0.25, 0.3) is 0 Å². The summed E-state index contributed by atoms with van der Waals surface area (Å²) in [5, 5.41) is 0. The Balaban J connectivity index is 1.80. The summed E-state index contributed by atoms with van der Waals surface area (Å²) in [7, 11) is -0.375. The molecule has 20 heavy (non-hydrogen) atoms. The highest BCUT2D eigenvalue weighted by Gasteiger charge is 2.40. The normalized spacial score (nSPS) is 22.6. The van der Waals surface area contributed by atoms with Crippen molar-refractivity contribution in [3.05, 3.63) is 0 Å². The minimum atomic E-state index is -3.32. The molecule has 2 rings (SSSR count). The first-order chi connectivity index (χ1) is 9.35. The van der Waals surface area contributed by atoms with Gasteiger partial charge in [-0.25, -0.2) is 12.7 Å². The number of likely N-dealkylation sites (tertiary alicyclic amines) is 1. The van der Waals surface area contributed by atoms with Gasteiger partial charge >= 0.3 is 0 Å². The Morgan fingerprint density at radius 3 is 2.25 bits per heavy atom. The fourth-order valence-electron chi connectivity index (χ4n) is 2.44. The Hall–Kier alpha value is -0.700. The first kappa shape index (κ1) is 15.7. The van der Waals surface area contributed by atoms with Gasteiger partial charge in [-0.2, -0.15) is 0 Å². The zero-order chi connectivity index (χ0) is 14.8. The average Bonchev–Trinajstić information content (AvgIpc) is 2.85. The highest BCUT2D eigenvalue weighted by Crippen LogP contribution is 2.31. The molecule has 2 aliphatic heterocycles. The maximum absolute atomic E-state index is 12.0. The lowest BCUT2D eigenvalue weighted by Crippen LogP contribution is -2.47. The van der Waals surface area contributed by atoms with Crippen LogP contribution in [0.1, 0.15) is 19.3 Å². The van der Waals surface area contributed by atoms with Crippen molar-refractivity contribution in [1.82, 2.24) is 9.21 Å². The van der Waals surface area contributed by atoms with Crippen LogP contribution in [-0.2, 0) is 24.3 Å². The van der Waals surface area contributed by atoms with E-state index in [0.717, 1.165) is 4.31 Å². The molecule has 0 bridgehead atoms. The number of piperidine rings is 1. The molecule has 0 saturated carbocycles. The molecule has 0 radical (unpaired) electrons. The van der Waals surface area contributed by atoms with Crippen LogP contribution in [0.3, 0.4) is 0 Å². The molecule has 0 N–H and O–H groups in total. The summed E-state index contributed by atoms with van der Waals surface area (Å²) >= 11 is 0. The highest BCUT2D eigenvalue weighted by atomic mass is 32.2. The molecule has 2 heterocycles. The number of hydrogen-bond acceptors (Lipinski definition) is 5. The van der Waals surface area contributed by atoms with Crippen molar-refractivity contribution in [1.29, 1.82) is 0 Å². The van der Waals surface area contributed by atoms with Gasteiger partial charge in [-0.1, -0.05) is 0 Å². The van der Waals surface area contributed by atoms with Crippen molar-refractivity contribution in [3.63, 3.8) is 0 Å². The van der Waals surface area contributed by atoms with Crippen LogP contribution in [0, 0.1) is 0 Å². The first-order valence-corrected chi connectivity index (χ1v) is 8.41. The monoisotopic (exact) mass is 306 g/mol. The minimum Gasteiger partial charge on any atom is -0.347 e. The van der Waals surface area contributed by atoms with Crippen molar-refractivity contribution in [2.24, 2.45) is 0 Å². The number of rotatable bonds is 4. The Labute approximate surface area is 119 Å². The standard InChI is InChI=1S/C12H22N2O5S/c1-13(2)20(16,17)10-3-11(15)14-6-4-12(5-7-14)18-8-9-19-12/h3-10H2,1-2H3. The third kappa shape index (κ3) is 3.49. The topological polar surface area (TPSA) is 76.2 Å². The summed E-state index contributed by atoms with van der Waals surface area (Å²) in [6.07, 6.45) is 1.33. The van der Waals surface area contributed by atoms with E-state index in [2.05, 4.69) is 0 Å². The van der Waals surface area contributed by atoms with E-state index in [1.54, 1.807) is 4.90 Å². The Morgan fingerprint density at radius 1 is 1.20 bits per heavy atom. The van der Waals surface area contributed by atoms with E-state index in [0.29, 0.717) is 39.1 Å². The van der Waals surface area contributed by atoms with Crippen LogP contribution in [0.2, 0.25) is 0 Å². The first-order valence-electron chi connectivity index (χ1n) is 6.81. The van der Waals surface area contributed by atoms with Crippen LogP contribution in [-0.4, -0.2) is 75.5 Å². The molecule has 0 aromatic heterocycles. The number of amides is 1. The summed E-state index contributed by atoms with van der Waals surface area (Å²) in [5.41, 5.74) is 0. The third-order valence-electron chi connectivity index (χ3n) is 3.82. The molecule has 116 valence electrons. The van der Waals surface area contributed by atoms with Gasteiger partial charge in [-0.05, 0) is 0 Å². The van der Waals surface area contributed by atoms with Gasteiger partial charge in [0.05, 0.1) is 19.0 Å². The molecular weight excluding hydrogens is 284 g/mol. The molecule has 1 amide bonds. The Bertz CT molecular complexity index is 446. The molecule has 1 spiro atoms. The smallest absolute Gasteiger partial charge is 0.223 e. The summed E-state index contributed by atoms with van der Waals surface area (Å²) in [6.45, 7) is 2.33. The predicted molar refractivity (Wildman–Crippen MR) is 72.5 cm³/mol. The second-order valence-electron chi connectivity index (χ2n) is 5.34. The second-order valence-corrected chi connectivity index (χ2v) is 7.64. The highest BCUT2D eigenvalue weighted by molar-refractivity contribution is 7.89. The number of carbonyl (C=O) groups excluding carboxylic acids is 1. The van der Waals surface area contributed by atoms with Crippen molar-refractivity contribution in [2.75, 3.05) is 46.2 Å². The summed E-state index contributed by atoms with van der Waals surface area (Å²) < 4.78 is 35.6. The SMILES string of the molecule is CN(C)S(=O)(=O)CCC(=O)N1CCC2(CC1)OCCO2. The largest absolute Gasteiger partial charge is 0.347 e. The molecule has 0 aromatic carbocycles. The van der Waals surface area contributed by atoms with Crippen LogP contribution < -0.4 is 0 Å². The van der Waals surface area contributed by atoms with Gasteiger partial charge in [0.1, 0.15) is 0 Å². The summed E-state index contributed by atoms with van der Waals surface area (Å²) in [6, 6.07) is 0. The third-order valence-corrected chi connectivity index (χ3v) is 5.65. The Kier molecular flexibility index (Phi) is 4.68. The molecular formula is C12H22N2O5S.